The average Bonchev–Trinajstić information content (AvgIpc) is 3.27. The highest BCUT2D eigenvalue weighted by Crippen LogP contribution is 2.16. The summed E-state index contributed by atoms with van der Waals surface area (Å²) in [5.74, 6) is 0.857. The summed E-state index contributed by atoms with van der Waals surface area (Å²) in [6, 6.07) is 16.7. The molecule has 2 aromatic carbocycles. The maximum atomic E-state index is 12.5. The molecule has 0 bridgehead atoms. The van der Waals surface area contributed by atoms with Crippen LogP contribution in [0.1, 0.15) is 19.8 Å². The molecule has 2 amide bonds. The lowest BCUT2D eigenvalue weighted by atomic mass is 10.2. The lowest BCUT2D eigenvalue weighted by molar-refractivity contribution is -0.134. The molecule has 162 valence electrons. The Hall–Kier alpha value is -3.75. The molecule has 1 N–H and O–H groups in total. The van der Waals surface area contributed by atoms with Gasteiger partial charge in [-0.1, -0.05) is 36.4 Å². The molecule has 0 aliphatic heterocycles. The van der Waals surface area contributed by atoms with E-state index in [0.29, 0.717) is 43.2 Å². The van der Waals surface area contributed by atoms with Gasteiger partial charge in [0.05, 0.1) is 20.2 Å². The first-order chi connectivity index (χ1) is 15.1. The van der Waals surface area contributed by atoms with Gasteiger partial charge in [0.1, 0.15) is 5.75 Å². The molecule has 0 spiro atoms. The van der Waals surface area contributed by atoms with Crippen LogP contribution >= 0.6 is 0 Å². The van der Waals surface area contributed by atoms with Gasteiger partial charge in [-0.3, -0.25) is 9.59 Å². The largest absolute Gasteiger partial charge is 0.497 e. The van der Waals surface area contributed by atoms with E-state index < -0.39 is 0 Å². The number of aromatic nitrogens is 4. The molecule has 0 aliphatic rings. The van der Waals surface area contributed by atoms with E-state index in [1.54, 1.807) is 31.4 Å². The highest BCUT2D eigenvalue weighted by atomic mass is 16.5. The number of carbonyl (C=O) groups excluding carboxylic acids is 2. The van der Waals surface area contributed by atoms with Crippen LogP contribution < -0.4 is 10.1 Å². The van der Waals surface area contributed by atoms with E-state index in [1.165, 1.54) is 9.70 Å². The lowest BCUT2D eigenvalue weighted by Gasteiger charge is -2.20. The highest BCUT2D eigenvalue weighted by molar-refractivity contribution is 5.94. The third kappa shape index (κ3) is 6.36. The minimum Gasteiger partial charge on any atom is -0.497 e. The Labute approximate surface area is 181 Å². The quantitative estimate of drug-likeness (QED) is 0.539. The number of carbonyl (C=O) groups is 2. The van der Waals surface area contributed by atoms with Gasteiger partial charge in [0, 0.05) is 30.3 Å². The van der Waals surface area contributed by atoms with Crippen molar-refractivity contribution in [3.8, 4) is 17.1 Å². The van der Waals surface area contributed by atoms with Gasteiger partial charge in [0.25, 0.3) is 0 Å². The average molecular weight is 422 g/mol. The second-order valence-corrected chi connectivity index (χ2v) is 6.87. The standard InChI is InChI=1S/C22H26N6O3/c1-3-27(16-20(29)23-18-11-7-12-19(15-18)31-2)21(30)13-8-14-28-25-22(24-26-28)17-9-5-4-6-10-17/h4-7,9-12,15H,3,8,13-14,16H2,1-2H3,(H,23,29). The molecule has 1 aromatic heterocycles. The van der Waals surface area contributed by atoms with Gasteiger partial charge >= 0.3 is 0 Å². The van der Waals surface area contributed by atoms with Crippen molar-refractivity contribution in [3.05, 3.63) is 54.6 Å². The van der Waals surface area contributed by atoms with E-state index in [-0.39, 0.29) is 18.4 Å². The zero-order valence-electron chi connectivity index (χ0n) is 17.7. The maximum absolute atomic E-state index is 12.5. The molecular weight excluding hydrogens is 396 g/mol. The first-order valence-corrected chi connectivity index (χ1v) is 10.1. The Kier molecular flexibility index (Phi) is 7.69. The number of ether oxygens (including phenoxy) is 1. The van der Waals surface area contributed by atoms with Crippen LogP contribution in [0.3, 0.4) is 0 Å². The van der Waals surface area contributed by atoms with Gasteiger partial charge < -0.3 is 15.0 Å². The molecule has 9 heteroatoms. The number of methoxy groups -OCH3 is 1. The summed E-state index contributed by atoms with van der Waals surface area (Å²) in [6.07, 6.45) is 0.847. The Morgan fingerprint density at radius 2 is 1.94 bits per heavy atom. The number of rotatable bonds is 10. The normalized spacial score (nSPS) is 10.5. The lowest BCUT2D eigenvalue weighted by Crippen LogP contribution is -2.37. The van der Waals surface area contributed by atoms with Gasteiger partial charge in [0.2, 0.25) is 17.6 Å². The topological polar surface area (TPSA) is 102 Å². The number of nitrogens with zero attached hydrogens (tertiary/aromatic N) is 5. The van der Waals surface area contributed by atoms with Crippen molar-refractivity contribution in [3.63, 3.8) is 0 Å². The summed E-state index contributed by atoms with van der Waals surface area (Å²) in [5, 5.41) is 15.2. The van der Waals surface area contributed by atoms with Gasteiger partial charge in [-0.15, -0.1) is 10.2 Å². The SMILES string of the molecule is CCN(CC(=O)Nc1cccc(OC)c1)C(=O)CCCn1nnc(-c2ccccc2)n1. The molecule has 0 saturated heterocycles. The van der Waals surface area contributed by atoms with Gasteiger partial charge in [-0.2, -0.15) is 4.80 Å². The molecule has 0 unspecified atom stereocenters. The van der Waals surface area contributed by atoms with Crippen molar-refractivity contribution in [2.45, 2.75) is 26.3 Å². The molecule has 9 nitrogen and oxygen atoms in total. The number of hydrogen-bond acceptors (Lipinski definition) is 6. The maximum Gasteiger partial charge on any atom is 0.243 e. The fourth-order valence-electron chi connectivity index (χ4n) is 3.02. The van der Waals surface area contributed by atoms with Crippen molar-refractivity contribution in [2.24, 2.45) is 0 Å². The van der Waals surface area contributed by atoms with E-state index in [0.717, 1.165) is 5.56 Å². The third-order valence-electron chi connectivity index (χ3n) is 4.66. The smallest absolute Gasteiger partial charge is 0.243 e. The van der Waals surface area contributed by atoms with Crippen LogP contribution in [-0.4, -0.2) is 57.1 Å². The molecule has 3 rings (SSSR count). The van der Waals surface area contributed by atoms with E-state index in [9.17, 15) is 9.59 Å². The molecule has 0 fully saturated rings. The van der Waals surface area contributed by atoms with Crippen molar-refractivity contribution in [1.29, 1.82) is 0 Å². The first kappa shape index (κ1) is 21.9. The summed E-state index contributed by atoms with van der Waals surface area (Å²) in [4.78, 5) is 27.9. The fraction of sp³-hybridized carbons (Fsp3) is 0.318. The molecular formula is C22H26N6O3. The van der Waals surface area contributed by atoms with E-state index in [4.69, 9.17) is 4.74 Å². The van der Waals surface area contributed by atoms with Crippen LogP contribution in [0.2, 0.25) is 0 Å². The second-order valence-electron chi connectivity index (χ2n) is 6.87. The van der Waals surface area contributed by atoms with Gasteiger partial charge in [-0.05, 0) is 30.7 Å². The number of aryl methyl sites for hydroxylation is 1. The van der Waals surface area contributed by atoms with Crippen molar-refractivity contribution in [2.75, 3.05) is 25.5 Å². The Morgan fingerprint density at radius 3 is 2.68 bits per heavy atom. The monoisotopic (exact) mass is 422 g/mol. The third-order valence-corrected chi connectivity index (χ3v) is 4.66. The van der Waals surface area contributed by atoms with Crippen molar-refractivity contribution < 1.29 is 14.3 Å². The molecule has 0 radical (unpaired) electrons. The number of nitrogens with one attached hydrogen (secondary N) is 1. The van der Waals surface area contributed by atoms with Crippen LogP contribution in [-0.2, 0) is 16.1 Å². The number of amides is 2. The summed E-state index contributed by atoms with van der Waals surface area (Å²) >= 11 is 0. The van der Waals surface area contributed by atoms with E-state index >= 15 is 0 Å². The predicted octanol–water partition coefficient (Wildman–Crippen LogP) is 2.62. The van der Waals surface area contributed by atoms with E-state index in [1.807, 2.05) is 37.3 Å². The Morgan fingerprint density at radius 1 is 1.13 bits per heavy atom. The van der Waals surface area contributed by atoms with Crippen molar-refractivity contribution >= 4 is 17.5 Å². The molecule has 0 atom stereocenters. The summed E-state index contributed by atoms with van der Waals surface area (Å²) < 4.78 is 5.15. The number of hydrogen-bond donors (Lipinski definition) is 1. The Balaban J connectivity index is 1.46. The first-order valence-electron chi connectivity index (χ1n) is 10.1. The summed E-state index contributed by atoms with van der Waals surface area (Å²) in [7, 11) is 1.57. The van der Waals surface area contributed by atoms with Crippen LogP contribution in [0.5, 0.6) is 5.75 Å². The highest BCUT2D eigenvalue weighted by Gasteiger charge is 2.16. The fourth-order valence-corrected chi connectivity index (χ4v) is 3.02. The van der Waals surface area contributed by atoms with Gasteiger partial charge in [-0.25, -0.2) is 0 Å². The van der Waals surface area contributed by atoms with Crippen LogP contribution in [0, 0.1) is 0 Å². The van der Waals surface area contributed by atoms with Crippen molar-refractivity contribution in [1.82, 2.24) is 25.1 Å². The van der Waals surface area contributed by atoms with E-state index in [2.05, 4.69) is 20.7 Å². The van der Waals surface area contributed by atoms with Crippen LogP contribution in [0.25, 0.3) is 11.4 Å². The number of anilines is 1. The Bertz CT molecular complexity index is 1010. The number of tetrazole rings is 1. The molecule has 3 aromatic rings. The molecule has 1 heterocycles. The van der Waals surface area contributed by atoms with Gasteiger partial charge in [0.15, 0.2) is 0 Å². The predicted molar refractivity (Wildman–Crippen MR) is 116 cm³/mol. The molecule has 0 aliphatic carbocycles. The minimum absolute atomic E-state index is 0.00766. The number of benzene rings is 2. The van der Waals surface area contributed by atoms with Crippen LogP contribution in [0.4, 0.5) is 5.69 Å². The van der Waals surface area contributed by atoms with Crippen LogP contribution in [0.15, 0.2) is 54.6 Å². The summed E-state index contributed by atoms with van der Waals surface area (Å²) in [6.45, 7) is 2.76. The molecule has 31 heavy (non-hydrogen) atoms. The second kappa shape index (κ2) is 10.9. The minimum atomic E-state index is -0.256. The number of likely N-dealkylation sites (N-methyl/N-ethyl adjacent to an activating group) is 1. The zero-order chi connectivity index (χ0) is 22.1. The summed E-state index contributed by atoms with van der Waals surface area (Å²) in [5.41, 5.74) is 1.52. The molecule has 0 saturated carbocycles. The zero-order valence-corrected chi connectivity index (χ0v) is 17.7.